The molecule has 6 nitrogen and oxygen atoms in total. The van der Waals surface area contributed by atoms with E-state index in [-0.39, 0.29) is 5.54 Å². The van der Waals surface area contributed by atoms with Crippen LogP contribution in [-0.4, -0.2) is 50.9 Å². The van der Waals surface area contributed by atoms with Gasteiger partial charge in [0.15, 0.2) is 0 Å². The second kappa shape index (κ2) is 9.33. The first-order valence-electron chi connectivity index (χ1n) is 13.0. The molecule has 6 heteroatoms. The Morgan fingerprint density at radius 1 is 0.914 bits per heavy atom. The maximum atomic E-state index is 13.2. The van der Waals surface area contributed by atoms with E-state index in [4.69, 9.17) is 4.98 Å². The fourth-order valence-electron chi connectivity index (χ4n) is 6.35. The summed E-state index contributed by atoms with van der Waals surface area (Å²) in [5, 5.41) is 2.40. The van der Waals surface area contributed by atoms with Gasteiger partial charge >= 0.3 is 0 Å². The molecule has 0 aliphatic carbocycles. The largest absolute Gasteiger partial charge is 0.361 e. The van der Waals surface area contributed by atoms with Crippen LogP contribution in [0.3, 0.4) is 0 Å². The fraction of sp³-hybridized carbons (Fsp3) is 0.414. The molecule has 1 N–H and O–H groups in total. The Morgan fingerprint density at radius 3 is 2.63 bits per heavy atom. The van der Waals surface area contributed by atoms with Gasteiger partial charge in [-0.25, -0.2) is 9.97 Å². The first kappa shape index (κ1) is 22.1. The molecule has 2 aromatic heterocycles. The van der Waals surface area contributed by atoms with E-state index < -0.39 is 0 Å². The number of fused-ring (bicyclic) bond motifs is 2. The van der Waals surface area contributed by atoms with E-state index in [0.29, 0.717) is 12.3 Å². The molecule has 1 spiro atoms. The van der Waals surface area contributed by atoms with E-state index in [0.717, 1.165) is 68.5 Å². The molecule has 4 heterocycles. The molecule has 0 unspecified atom stereocenters. The van der Waals surface area contributed by atoms with Crippen LogP contribution in [0.25, 0.3) is 21.8 Å². The lowest BCUT2D eigenvalue weighted by Gasteiger charge is -2.39. The van der Waals surface area contributed by atoms with Gasteiger partial charge in [-0.3, -0.25) is 4.79 Å². The van der Waals surface area contributed by atoms with E-state index >= 15 is 0 Å². The van der Waals surface area contributed by atoms with Crippen molar-refractivity contribution in [3.63, 3.8) is 0 Å². The Labute approximate surface area is 206 Å². The predicted octanol–water partition coefficient (Wildman–Crippen LogP) is 5.49. The van der Waals surface area contributed by atoms with Gasteiger partial charge in [0.2, 0.25) is 5.91 Å². The number of aryl methyl sites for hydroxylation is 1. The summed E-state index contributed by atoms with van der Waals surface area (Å²) in [7, 11) is 0. The van der Waals surface area contributed by atoms with Crippen LogP contribution in [0.1, 0.15) is 50.5 Å². The number of likely N-dealkylation sites (tertiary alicyclic amines) is 1. The topological polar surface area (TPSA) is 65.1 Å². The number of aromatic nitrogens is 3. The number of hydrogen-bond donors (Lipinski definition) is 1. The van der Waals surface area contributed by atoms with Crippen LogP contribution in [0.2, 0.25) is 0 Å². The van der Waals surface area contributed by atoms with Crippen molar-refractivity contribution in [1.82, 2.24) is 19.9 Å². The molecule has 1 amide bonds. The van der Waals surface area contributed by atoms with Gasteiger partial charge in [0.1, 0.15) is 12.1 Å². The highest BCUT2D eigenvalue weighted by atomic mass is 16.2. The summed E-state index contributed by atoms with van der Waals surface area (Å²) < 4.78 is 0. The summed E-state index contributed by atoms with van der Waals surface area (Å²) in [6, 6.07) is 16.7. The second-order valence-electron chi connectivity index (χ2n) is 10.1. The van der Waals surface area contributed by atoms with Crippen LogP contribution >= 0.6 is 0 Å². The van der Waals surface area contributed by atoms with E-state index in [1.54, 1.807) is 6.33 Å². The quantitative estimate of drug-likeness (QED) is 0.422. The Hall–Kier alpha value is -3.41. The summed E-state index contributed by atoms with van der Waals surface area (Å²) in [5.41, 5.74) is 3.57. The number of amides is 1. The number of aromatic amines is 1. The lowest BCUT2D eigenvalue weighted by molar-refractivity contribution is -0.131. The van der Waals surface area contributed by atoms with Gasteiger partial charge in [0.05, 0.1) is 5.52 Å². The van der Waals surface area contributed by atoms with Crippen LogP contribution < -0.4 is 4.90 Å². The zero-order valence-corrected chi connectivity index (χ0v) is 20.2. The highest BCUT2D eigenvalue weighted by Crippen LogP contribution is 2.42. The third-order valence-corrected chi connectivity index (χ3v) is 8.16. The average molecular weight is 468 g/mol. The molecule has 0 radical (unpaired) electrons. The van der Waals surface area contributed by atoms with E-state index in [2.05, 4.69) is 68.4 Å². The molecule has 4 aromatic rings. The van der Waals surface area contributed by atoms with Crippen LogP contribution in [0.5, 0.6) is 0 Å². The summed E-state index contributed by atoms with van der Waals surface area (Å²) in [5.74, 6) is 1.37. The molecule has 1 atom stereocenters. The Morgan fingerprint density at radius 2 is 1.71 bits per heavy atom. The third kappa shape index (κ3) is 4.15. The van der Waals surface area contributed by atoms with Crippen LogP contribution in [0.4, 0.5) is 5.82 Å². The standard InChI is InChI=1S/C29H33N5O/c35-27(13-5-8-22-20-30-25-11-3-1-9-23(22)25)33-17-6-14-29(16-19-33)15-7-18-34(29)28-24-10-2-4-12-26(24)31-21-32-28/h1-4,9-12,20-21,30H,5-8,13-19H2/t29-/m0/s1. The number of carbonyl (C=O) groups is 1. The fourth-order valence-corrected chi connectivity index (χ4v) is 6.35. The normalized spacial score (nSPS) is 20.7. The minimum absolute atomic E-state index is 0.0934. The summed E-state index contributed by atoms with van der Waals surface area (Å²) in [4.78, 5) is 30.4. The number of H-pyrrole nitrogens is 1. The number of carbonyl (C=O) groups excluding carboxylic acids is 1. The SMILES string of the molecule is O=C(CCCc1c[nH]c2ccccc12)N1CCC[C@]2(CCCN2c2ncnc3ccccc23)CC1. The van der Waals surface area contributed by atoms with E-state index in [1.807, 2.05) is 6.07 Å². The summed E-state index contributed by atoms with van der Waals surface area (Å²) in [6.45, 7) is 2.73. The van der Waals surface area contributed by atoms with Gasteiger partial charge in [0, 0.05) is 54.1 Å². The molecular formula is C29H33N5O. The number of anilines is 1. The zero-order valence-electron chi connectivity index (χ0n) is 20.2. The third-order valence-electron chi connectivity index (χ3n) is 8.16. The number of nitrogens with one attached hydrogen (secondary N) is 1. The maximum Gasteiger partial charge on any atom is 0.222 e. The van der Waals surface area contributed by atoms with Crippen molar-refractivity contribution < 1.29 is 4.79 Å². The Bertz CT molecular complexity index is 1340. The molecule has 6 rings (SSSR count). The van der Waals surface area contributed by atoms with Crippen LogP contribution in [-0.2, 0) is 11.2 Å². The first-order chi connectivity index (χ1) is 17.2. The summed E-state index contributed by atoms with van der Waals surface area (Å²) in [6.07, 6.45) is 11.8. The Balaban J connectivity index is 1.11. The lowest BCUT2D eigenvalue weighted by Crippen LogP contribution is -2.45. The van der Waals surface area contributed by atoms with Crippen molar-refractivity contribution in [2.45, 2.75) is 56.9 Å². The molecule has 180 valence electrons. The first-order valence-corrected chi connectivity index (χ1v) is 13.0. The number of rotatable bonds is 5. The molecule has 2 aliphatic rings. The van der Waals surface area contributed by atoms with Crippen LogP contribution in [0, 0.1) is 0 Å². The van der Waals surface area contributed by atoms with Gasteiger partial charge in [-0.15, -0.1) is 0 Å². The minimum Gasteiger partial charge on any atom is -0.361 e. The monoisotopic (exact) mass is 467 g/mol. The van der Waals surface area contributed by atoms with Gasteiger partial charge in [-0.05, 0) is 68.7 Å². The summed E-state index contributed by atoms with van der Waals surface area (Å²) >= 11 is 0. The molecule has 35 heavy (non-hydrogen) atoms. The average Bonchev–Trinajstić information content (AvgIpc) is 3.43. The predicted molar refractivity (Wildman–Crippen MR) is 141 cm³/mol. The molecule has 2 fully saturated rings. The smallest absolute Gasteiger partial charge is 0.222 e. The zero-order chi connectivity index (χ0) is 23.7. The van der Waals surface area contributed by atoms with Gasteiger partial charge in [0.25, 0.3) is 0 Å². The molecule has 2 saturated heterocycles. The van der Waals surface area contributed by atoms with E-state index in [1.165, 1.54) is 29.3 Å². The van der Waals surface area contributed by atoms with Crippen molar-refractivity contribution in [2.24, 2.45) is 0 Å². The van der Waals surface area contributed by atoms with Crippen molar-refractivity contribution in [3.8, 4) is 0 Å². The minimum atomic E-state index is 0.0934. The molecule has 2 aliphatic heterocycles. The molecular weight excluding hydrogens is 434 g/mol. The molecule has 2 aromatic carbocycles. The van der Waals surface area contributed by atoms with Crippen LogP contribution in [0.15, 0.2) is 61.1 Å². The number of para-hydroxylation sites is 2. The molecule has 0 bridgehead atoms. The molecule has 0 saturated carbocycles. The highest BCUT2D eigenvalue weighted by Gasteiger charge is 2.43. The van der Waals surface area contributed by atoms with Crippen molar-refractivity contribution in [2.75, 3.05) is 24.5 Å². The highest BCUT2D eigenvalue weighted by molar-refractivity contribution is 5.89. The maximum absolute atomic E-state index is 13.2. The lowest BCUT2D eigenvalue weighted by atomic mass is 9.87. The Kier molecular flexibility index (Phi) is 5.88. The van der Waals surface area contributed by atoms with Gasteiger partial charge in [-0.1, -0.05) is 30.3 Å². The van der Waals surface area contributed by atoms with Gasteiger partial charge in [-0.2, -0.15) is 0 Å². The van der Waals surface area contributed by atoms with E-state index in [9.17, 15) is 4.79 Å². The van der Waals surface area contributed by atoms with Crippen molar-refractivity contribution >= 4 is 33.5 Å². The second-order valence-corrected chi connectivity index (χ2v) is 10.1. The number of hydrogen-bond acceptors (Lipinski definition) is 4. The number of benzene rings is 2. The van der Waals surface area contributed by atoms with Crippen molar-refractivity contribution in [3.05, 3.63) is 66.6 Å². The van der Waals surface area contributed by atoms with Gasteiger partial charge < -0.3 is 14.8 Å². The number of nitrogens with zero attached hydrogens (tertiary/aromatic N) is 4. The van der Waals surface area contributed by atoms with Crippen molar-refractivity contribution in [1.29, 1.82) is 0 Å².